The first-order valence-corrected chi connectivity index (χ1v) is 9.05. The summed E-state index contributed by atoms with van der Waals surface area (Å²) in [6.45, 7) is 8.07. The number of rotatable bonds is 6. The van der Waals surface area contributed by atoms with E-state index in [2.05, 4.69) is 10.4 Å². The molecule has 8 heteroatoms. The summed E-state index contributed by atoms with van der Waals surface area (Å²) in [5.41, 5.74) is -0.748. The van der Waals surface area contributed by atoms with Crippen molar-refractivity contribution < 1.29 is 19.5 Å². The van der Waals surface area contributed by atoms with Gasteiger partial charge in [-0.05, 0) is 33.1 Å². The van der Waals surface area contributed by atoms with Crippen molar-refractivity contribution in [2.45, 2.75) is 52.5 Å². The van der Waals surface area contributed by atoms with Crippen molar-refractivity contribution in [3.05, 3.63) is 12.4 Å². The number of amides is 2. The lowest BCUT2D eigenvalue weighted by Crippen LogP contribution is -2.45. The maximum Gasteiger partial charge on any atom is 0.331 e. The molecule has 2 amide bonds. The molecule has 0 saturated carbocycles. The molecule has 2 heterocycles. The Morgan fingerprint density at radius 3 is 2.73 bits per heavy atom. The van der Waals surface area contributed by atoms with E-state index < -0.39 is 11.5 Å². The number of likely N-dealkylation sites (tertiary alicyclic amines) is 1. The average molecular weight is 364 g/mol. The van der Waals surface area contributed by atoms with Crippen LogP contribution in [0.15, 0.2) is 12.4 Å². The van der Waals surface area contributed by atoms with E-state index in [1.807, 2.05) is 13.8 Å². The van der Waals surface area contributed by atoms with Crippen LogP contribution >= 0.6 is 0 Å². The molecule has 2 rings (SSSR count). The molecule has 144 valence electrons. The summed E-state index contributed by atoms with van der Waals surface area (Å²) < 4.78 is 1.31. The molecular weight excluding hydrogens is 336 g/mol. The normalized spacial score (nSPS) is 19.1. The third kappa shape index (κ3) is 4.23. The van der Waals surface area contributed by atoms with Crippen molar-refractivity contribution in [3.63, 3.8) is 0 Å². The fourth-order valence-electron chi connectivity index (χ4n) is 2.91. The second-order valence-corrected chi connectivity index (χ2v) is 7.46. The van der Waals surface area contributed by atoms with E-state index in [4.69, 9.17) is 0 Å². The van der Waals surface area contributed by atoms with Crippen LogP contribution < -0.4 is 5.32 Å². The summed E-state index contributed by atoms with van der Waals surface area (Å²) in [6.07, 6.45) is 5.26. The number of carbonyl (C=O) groups excluding carboxylic acids is 2. The van der Waals surface area contributed by atoms with Gasteiger partial charge in [0, 0.05) is 25.2 Å². The zero-order valence-electron chi connectivity index (χ0n) is 15.9. The van der Waals surface area contributed by atoms with Gasteiger partial charge >= 0.3 is 5.97 Å². The Labute approximate surface area is 153 Å². The minimum Gasteiger partial charge on any atom is -0.479 e. The number of nitrogens with one attached hydrogen (secondary N) is 1. The fraction of sp³-hybridized carbons (Fsp3) is 0.667. The highest BCUT2D eigenvalue weighted by molar-refractivity contribution is 5.93. The Kier molecular flexibility index (Phi) is 6.05. The molecule has 0 spiro atoms. The highest BCUT2D eigenvalue weighted by Crippen LogP contribution is 2.22. The average Bonchev–Trinajstić information content (AvgIpc) is 3.09. The van der Waals surface area contributed by atoms with Crippen LogP contribution in [0.25, 0.3) is 0 Å². The highest BCUT2D eigenvalue weighted by atomic mass is 16.4. The fourth-order valence-corrected chi connectivity index (χ4v) is 2.91. The molecule has 2 N–H and O–H groups in total. The zero-order chi connectivity index (χ0) is 19.5. The topological polar surface area (TPSA) is 105 Å². The van der Waals surface area contributed by atoms with E-state index in [0.29, 0.717) is 18.8 Å². The summed E-state index contributed by atoms with van der Waals surface area (Å²) in [4.78, 5) is 38.0. The van der Waals surface area contributed by atoms with E-state index >= 15 is 0 Å². The zero-order valence-corrected chi connectivity index (χ0v) is 15.9. The quantitative estimate of drug-likeness (QED) is 0.802. The number of aliphatic carboxylic acids is 1. The van der Waals surface area contributed by atoms with E-state index in [1.54, 1.807) is 4.90 Å². The Bertz CT molecular complexity index is 682. The Balaban J connectivity index is 2.01. The van der Waals surface area contributed by atoms with Crippen molar-refractivity contribution in [3.8, 4) is 0 Å². The van der Waals surface area contributed by atoms with E-state index in [-0.39, 0.29) is 23.7 Å². The van der Waals surface area contributed by atoms with Crippen LogP contribution in [0, 0.1) is 11.8 Å². The van der Waals surface area contributed by atoms with Crippen LogP contribution in [0.2, 0.25) is 0 Å². The second kappa shape index (κ2) is 7.88. The number of piperidine rings is 1. The van der Waals surface area contributed by atoms with Crippen LogP contribution in [0.5, 0.6) is 0 Å². The van der Waals surface area contributed by atoms with Crippen LogP contribution in [0.1, 0.15) is 47.0 Å². The number of carboxylic acid groups (broad SMARTS) is 1. The van der Waals surface area contributed by atoms with Crippen molar-refractivity contribution >= 4 is 23.5 Å². The third-order valence-corrected chi connectivity index (χ3v) is 5.08. The van der Waals surface area contributed by atoms with Crippen molar-refractivity contribution in [2.24, 2.45) is 11.8 Å². The number of carboxylic acids is 1. The molecule has 8 nitrogen and oxygen atoms in total. The van der Waals surface area contributed by atoms with Gasteiger partial charge in [-0.25, -0.2) is 4.79 Å². The van der Waals surface area contributed by atoms with Gasteiger partial charge in [0.1, 0.15) is 0 Å². The molecule has 26 heavy (non-hydrogen) atoms. The molecular formula is C18H28N4O4. The first-order valence-electron chi connectivity index (χ1n) is 9.05. The molecule has 0 aromatic carbocycles. The van der Waals surface area contributed by atoms with Crippen LogP contribution in [0.4, 0.5) is 5.69 Å². The van der Waals surface area contributed by atoms with Crippen molar-refractivity contribution in [1.29, 1.82) is 0 Å². The lowest BCUT2D eigenvalue weighted by Gasteiger charge is -2.33. The number of carbonyl (C=O) groups is 3. The van der Waals surface area contributed by atoms with Crippen LogP contribution in [-0.4, -0.2) is 50.7 Å². The predicted octanol–water partition coefficient (Wildman–Crippen LogP) is 1.93. The Morgan fingerprint density at radius 2 is 2.12 bits per heavy atom. The number of nitrogens with zero attached hydrogens (tertiary/aromatic N) is 3. The molecule has 1 aliphatic rings. The predicted molar refractivity (Wildman–Crippen MR) is 96.6 cm³/mol. The summed E-state index contributed by atoms with van der Waals surface area (Å²) in [5.74, 6) is -1.38. The first kappa shape index (κ1) is 19.9. The van der Waals surface area contributed by atoms with Gasteiger partial charge in [0.25, 0.3) is 0 Å². The first-order chi connectivity index (χ1) is 12.2. The van der Waals surface area contributed by atoms with Crippen molar-refractivity contribution in [1.82, 2.24) is 14.7 Å². The second-order valence-electron chi connectivity index (χ2n) is 7.46. The maximum absolute atomic E-state index is 12.6. The SMILES string of the molecule is CCC(C)C(=O)N1CCCC(C(=O)Nc2cnn(C(C)(C)C(=O)O)c2)C1. The minimum atomic E-state index is -1.20. The molecule has 1 aliphatic heterocycles. The van der Waals surface area contributed by atoms with E-state index in [9.17, 15) is 19.5 Å². The van der Waals surface area contributed by atoms with Crippen LogP contribution in [-0.2, 0) is 19.9 Å². The number of hydrogen-bond acceptors (Lipinski definition) is 4. The standard InChI is InChI=1S/C18H28N4O4/c1-5-12(2)16(24)21-8-6-7-13(10-21)15(23)20-14-9-19-22(11-14)18(3,4)17(25)26/h9,11-13H,5-8,10H2,1-4H3,(H,20,23)(H,25,26). The lowest BCUT2D eigenvalue weighted by molar-refractivity contribution is -0.146. The van der Waals surface area contributed by atoms with Gasteiger partial charge in [0.2, 0.25) is 11.8 Å². The Hall–Kier alpha value is -2.38. The maximum atomic E-state index is 12.6. The molecule has 0 radical (unpaired) electrons. The largest absolute Gasteiger partial charge is 0.479 e. The van der Waals surface area contributed by atoms with E-state index in [0.717, 1.165) is 19.3 Å². The molecule has 2 atom stereocenters. The number of anilines is 1. The summed E-state index contributed by atoms with van der Waals surface area (Å²) in [5, 5.41) is 16.1. The monoisotopic (exact) mass is 364 g/mol. The smallest absolute Gasteiger partial charge is 0.331 e. The molecule has 1 aromatic heterocycles. The molecule has 2 unspecified atom stereocenters. The van der Waals surface area contributed by atoms with Gasteiger partial charge in [-0.1, -0.05) is 13.8 Å². The van der Waals surface area contributed by atoms with Crippen molar-refractivity contribution in [2.75, 3.05) is 18.4 Å². The van der Waals surface area contributed by atoms with Gasteiger partial charge in [-0.15, -0.1) is 0 Å². The summed E-state index contributed by atoms with van der Waals surface area (Å²) >= 11 is 0. The van der Waals surface area contributed by atoms with E-state index in [1.165, 1.54) is 30.9 Å². The minimum absolute atomic E-state index is 0.0340. The lowest BCUT2D eigenvalue weighted by atomic mass is 9.95. The van der Waals surface area contributed by atoms with Gasteiger partial charge in [-0.2, -0.15) is 5.10 Å². The highest BCUT2D eigenvalue weighted by Gasteiger charge is 2.32. The summed E-state index contributed by atoms with van der Waals surface area (Å²) in [6, 6.07) is 0. The molecule has 1 fully saturated rings. The van der Waals surface area contributed by atoms with Crippen LogP contribution in [0.3, 0.4) is 0 Å². The number of aromatic nitrogens is 2. The molecule has 1 saturated heterocycles. The molecule has 0 aliphatic carbocycles. The molecule has 1 aromatic rings. The third-order valence-electron chi connectivity index (χ3n) is 5.08. The Morgan fingerprint density at radius 1 is 1.42 bits per heavy atom. The molecule has 0 bridgehead atoms. The van der Waals surface area contributed by atoms with Gasteiger partial charge in [-0.3, -0.25) is 14.3 Å². The van der Waals surface area contributed by atoms with Gasteiger partial charge < -0.3 is 15.3 Å². The van der Waals surface area contributed by atoms with Gasteiger partial charge in [0.15, 0.2) is 5.54 Å². The van der Waals surface area contributed by atoms with Gasteiger partial charge in [0.05, 0.1) is 17.8 Å². The number of hydrogen-bond donors (Lipinski definition) is 2. The summed E-state index contributed by atoms with van der Waals surface area (Å²) in [7, 11) is 0.